The second-order valence-corrected chi connectivity index (χ2v) is 6.10. The van der Waals surface area contributed by atoms with Crippen molar-refractivity contribution in [1.29, 1.82) is 0 Å². The van der Waals surface area contributed by atoms with E-state index >= 15 is 0 Å². The molecule has 0 aliphatic carbocycles. The summed E-state index contributed by atoms with van der Waals surface area (Å²) in [6.07, 6.45) is 2.34. The Labute approximate surface area is 123 Å². The van der Waals surface area contributed by atoms with Crippen molar-refractivity contribution in [3.8, 4) is 0 Å². The lowest BCUT2D eigenvalue weighted by molar-refractivity contribution is 0.0576. The molecule has 4 heteroatoms. The highest BCUT2D eigenvalue weighted by molar-refractivity contribution is 9.10. The monoisotopic (exact) mass is 325 g/mol. The number of halogens is 1. The van der Waals surface area contributed by atoms with Crippen LogP contribution in [0, 0.1) is 5.92 Å². The number of ketones is 1. The Hall–Kier alpha value is -0.870. The van der Waals surface area contributed by atoms with Gasteiger partial charge in [0.05, 0.1) is 6.61 Å². The molecule has 1 aromatic carbocycles. The molecule has 2 rings (SSSR count). The maximum absolute atomic E-state index is 11.7. The number of rotatable bonds is 4. The smallest absolute Gasteiger partial charge is 0.161 e. The lowest BCUT2D eigenvalue weighted by atomic mass is 10.0. The maximum Gasteiger partial charge on any atom is 0.161 e. The normalized spacial score (nSPS) is 19.2. The average molecular weight is 326 g/mol. The van der Waals surface area contributed by atoms with Gasteiger partial charge in [-0.25, -0.2) is 0 Å². The van der Waals surface area contributed by atoms with Crippen LogP contribution in [0.25, 0.3) is 0 Å². The van der Waals surface area contributed by atoms with Crippen LogP contribution in [-0.4, -0.2) is 32.6 Å². The van der Waals surface area contributed by atoms with Crippen LogP contribution < -0.4 is 4.90 Å². The van der Waals surface area contributed by atoms with Crippen molar-refractivity contribution in [2.75, 3.05) is 31.7 Å². The molecular formula is C15H20BrNO2. The number of anilines is 1. The fraction of sp³-hybridized carbons (Fsp3) is 0.533. The number of benzene rings is 1. The first-order valence-corrected chi connectivity index (χ1v) is 7.46. The van der Waals surface area contributed by atoms with E-state index in [4.69, 9.17) is 4.74 Å². The van der Waals surface area contributed by atoms with E-state index in [1.807, 2.05) is 25.2 Å². The fourth-order valence-electron chi connectivity index (χ4n) is 2.56. The summed E-state index contributed by atoms with van der Waals surface area (Å²) in [5.74, 6) is 0.659. The van der Waals surface area contributed by atoms with E-state index in [-0.39, 0.29) is 5.78 Å². The van der Waals surface area contributed by atoms with Gasteiger partial charge < -0.3 is 9.64 Å². The summed E-state index contributed by atoms with van der Waals surface area (Å²) in [5, 5.41) is 0. The van der Waals surface area contributed by atoms with Gasteiger partial charge in [0.2, 0.25) is 0 Å². The van der Waals surface area contributed by atoms with Gasteiger partial charge in [-0.2, -0.15) is 0 Å². The van der Waals surface area contributed by atoms with Crippen LogP contribution in [0.15, 0.2) is 22.7 Å². The predicted molar refractivity (Wildman–Crippen MR) is 81.0 cm³/mol. The molecule has 0 aromatic heterocycles. The Kier molecular flexibility index (Phi) is 4.99. The van der Waals surface area contributed by atoms with Crippen LogP contribution in [0.4, 0.5) is 5.69 Å². The summed E-state index contributed by atoms with van der Waals surface area (Å²) in [5.41, 5.74) is 1.77. The minimum absolute atomic E-state index is 0.106. The molecule has 0 N–H and O–H groups in total. The van der Waals surface area contributed by atoms with E-state index in [0.717, 1.165) is 41.9 Å². The lowest BCUT2D eigenvalue weighted by Crippen LogP contribution is -2.31. The van der Waals surface area contributed by atoms with Gasteiger partial charge in [-0.1, -0.05) is 15.9 Å². The minimum Gasteiger partial charge on any atom is -0.381 e. The SMILES string of the molecule is CC(=O)c1ccc(Br)cc1N(C)CC1CCCOC1. The molecule has 1 aliphatic heterocycles. The molecule has 1 atom stereocenters. The van der Waals surface area contributed by atoms with Gasteiger partial charge in [-0.3, -0.25) is 4.79 Å². The topological polar surface area (TPSA) is 29.5 Å². The van der Waals surface area contributed by atoms with E-state index in [1.54, 1.807) is 6.92 Å². The molecule has 0 radical (unpaired) electrons. The van der Waals surface area contributed by atoms with Crippen LogP contribution in [0.3, 0.4) is 0 Å². The highest BCUT2D eigenvalue weighted by Crippen LogP contribution is 2.26. The quantitative estimate of drug-likeness (QED) is 0.793. The van der Waals surface area contributed by atoms with Crippen LogP contribution in [-0.2, 0) is 4.74 Å². The highest BCUT2D eigenvalue weighted by Gasteiger charge is 2.18. The summed E-state index contributed by atoms with van der Waals surface area (Å²) < 4.78 is 6.52. The van der Waals surface area contributed by atoms with E-state index in [9.17, 15) is 4.79 Å². The van der Waals surface area contributed by atoms with E-state index in [2.05, 4.69) is 20.8 Å². The molecule has 0 amide bonds. The number of hydrogen-bond acceptors (Lipinski definition) is 3. The van der Waals surface area contributed by atoms with Crippen molar-refractivity contribution in [1.82, 2.24) is 0 Å². The summed E-state index contributed by atoms with van der Waals surface area (Å²) in [7, 11) is 2.04. The zero-order valence-electron chi connectivity index (χ0n) is 11.5. The number of nitrogens with zero attached hydrogens (tertiary/aromatic N) is 1. The highest BCUT2D eigenvalue weighted by atomic mass is 79.9. The van der Waals surface area contributed by atoms with Gasteiger partial charge in [-0.15, -0.1) is 0 Å². The van der Waals surface area contributed by atoms with E-state index in [0.29, 0.717) is 5.92 Å². The first-order valence-electron chi connectivity index (χ1n) is 6.67. The standard InChI is InChI=1S/C15H20BrNO2/c1-11(18)14-6-5-13(16)8-15(14)17(2)9-12-4-3-7-19-10-12/h5-6,8,12H,3-4,7,9-10H2,1-2H3. The molecule has 1 heterocycles. The van der Waals surface area contributed by atoms with Gasteiger partial charge in [0.1, 0.15) is 0 Å². The van der Waals surface area contributed by atoms with Crippen LogP contribution >= 0.6 is 15.9 Å². The summed E-state index contributed by atoms with van der Waals surface area (Å²) in [4.78, 5) is 13.9. The van der Waals surface area contributed by atoms with Crippen LogP contribution in [0.2, 0.25) is 0 Å². The van der Waals surface area contributed by atoms with Gasteiger partial charge >= 0.3 is 0 Å². The second kappa shape index (κ2) is 6.53. The molecule has 1 saturated heterocycles. The lowest BCUT2D eigenvalue weighted by Gasteiger charge is -2.29. The Morgan fingerprint density at radius 2 is 2.32 bits per heavy atom. The predicted octanol–water partition coefficient (Wildman–Crippen LogP) is 3.51. The van der Waals surface area contributed by atoms with Crippen molar-refractivity contribution in [3.63, 3.8) is 0 Å². The van der Waals surface area contributed by atoms with Crippen molar-refractivity contribution in [2.24, 2.45) is 5.92 Å². The summed E-state index contributed by atoms with van der Waals surface area (Å²) >= 11 is 3.48. The number of Topliss-reactive ketones (excluding diaryl/α,β-unsaturated/α-hetero) is 1. The summed E-state index contributed by atoms with van der Waals surface area (Å²) in [6.45, 7) is 4.25. The third-order valence-corrected chi connectivity index (χ3v) is 4.03. The molecule has 1 unspecified atom stereocenters. The van der Waals surface area contributed by atoms with Gasteiger partial charge in [-0.05, 0) is 43.9 Å². The Bertz CT molecular complexity index is 455. The fourth-order valence-corrected chi connectivity index (χ4v) is 2.90. The largest absolute Gasteiger partial charge is 0.381 e. The number of ether oxygens (including phenoxy) is 1. The van der Waals surface area contributed by atoms with Crippen molar-refractivity contribution in [3.05, 3.63) is 28.2 Å². The van der Waals surface area contributed by atoms with Crippen molar-refractivity contribution < 1.29 is 9.53 Å². The Morgan fingerprint density at radius 1 is 1.53 bits per heavy atom. The first-order chi connectivity index (χ1) is 9.08. The number of carbonyl (C=O) groups excluding carboxylic acids is 1. The van der Waals surface area contributed by atoms with Crippen LogP contribution in [0.1, 0.15) is 30.1 Å². The molecule has 104 valence electrons. The van der Waals surface area contributed by atoms with Crippen LogP contribution in [0.5, 0.6) is 0 Å². The molecule has 0 spiro atoms. The molecule has 1 aliphatic rings. The molecule has 0 saturated carbocycles. The molecule has 19 heavy (non-hydrogen) atoms. The van der Waals surface area contributed by atoms with Gasteiger partial charge in [0.25, 0.3) is 0 Å². The zero-order chi connectivity index (χ0) is 13.8. The summed E-state index contributed by atoms with van der Waals surface area (Å²) in [6, 6.07) is 5.81. The van der Waals surface area contributed by atoms with E-state index in [1.165, 1.54) is 6.42 Å². The minimum atomic E-state index is 0.106. The Balaban J connectivity index is 2.14. The number of carbonyl (C=O) groups is 1. The third-order valence-electron chi connectivity index (χ3n) is 3.54. The molecule has 0 bridgehead atoms. The number of hydrogen-bond donors (Lipinski definition) is 0. The maximum atomic E-state index is 11.7. The van der Waals surface area contributed by atoms with E-state index < -0.39 is 0 Å². The first kappa shape index (κ1) is 14.5. The van der Waals surface area contributed by atoms with Crippen molar-refractivity contribution in [2.45, 2.75) is 19.8 Å². The Morgan fingerprint density at radius 3 is 2.95 bits per heavy atom. The van der Waals surface area contributed by atoms with Crippen molar-refractivity contribution >= 4 is 27.4 Å². The van der Waals surface area contributed by atoms with Gasteiger partial charge in [0, 0.05) is 35.9 Å². The molecule has 3 nitrogen and oxygen atoms in total. The second-order valence-electron chi connectivity index (χ2n) is 5.18. The average Bonchev–Trinajstić information content (AvgIpc) is 2.39. The van der Waals surface area contributed by atoms with Gasteiger partial charge in [0.15, 0.2) is 5.78 Å². The molecule has 1 fully saturated rings. The zero-order valence-corrected chi connectivity index (χ0v) is 13.1. The third kappa shape index (κ3) is 3.80. The molecular weight excluding hydrogens is 306 g/mol. The molecule has 1 aromatic rings.